The summed E-state index contributed by atoms with van der Waals surface area (Å²) in [7, 11) is 0. The number of hydrogen-bond acceptors (Lipinski definition) is 2. The van der Waals surface area contributed by atoms with E-state index >= 15 is 0 Å². The number of nitrogens with one attached hydrogen (secondary N) is 1. The Balaban J connectivity index is 2.68. The van der Waals surface area contributed by atoms with Crippen LogP contribution in [-0.2, 0) is 0 Å². The molecule has 0 aromatic heterocycles. The fourth-order valence-electron chi connectivity index (χ4n) is 2.24. The number of hydrogen-bond donors (Lipinski definition) is 2. The molecule has 3 N–H and O–H groups in total. The molecule has 0 aliphatic carbocycles. The van der Waals surface area contributed by atoms with Crippen LogP contribution in [0.4, 0.5) is 5.69 Å². The predicted octanol–water partition coefficient (Wildman–Crippen LogP) is 3.85. The Hall–Kier alpha value is -1.02. The molecule has 18 heavy (non-hydrogen) atoms. The highest BCUT2D eigenvalue weighted by Gasteiger charge is 2.11. The summed E-state index contributed by atoms with van der Waals surface area (Å²) >= 11 is 0. The smallest absolute Gasteiger partial charge is 0.0404 e. The molecule has 1 aromatic rings. The Bertz CT molecular complexity index is 388. The molecule has 1 rings (SSSR count). The molecule has 0 atom stereocenters. The number of anilines is 1. The summed E-state index contributed by atoms with van der Waals surface area (Å²) in [5, 5.41) is 3.58. The predicted molar refractivity (Wildman–Crippen MR) is 81.4 cm³/mol. The number of rotatable bonds is 5. The lowest BCUT2D eigenvalue weighted by molar-refractivity contribution is 0.465. The van der Waals surface area contributed by atoms with E-state index in [9.17, 15) is 0 Å². The van der Waals surface area contributed by atoms with Crippen LogP contribution in [0.15, 0.2) is 6.07 Å². The monoisotopic (exact) mass is 248 g/mol. The molecule has 0 unspecified atom stereocenters. The lowest BCUT2D eigenvalue weighted by Gasteiger charge is -2.20. The molecular formula is C16H28N2. The summed E-state index contributed by atoms with van der Waals surface area (Å²) < 4.78 is 0. The molecule has 0 saturated carbocycles. The van der Waals surface area contributed by atoms with E-state index in [1.807, 2.05) is 0 Å². The van der Waals surface area contributed by atoms with Crippen LogP contribution in [0.25, 0.3) is 0 Å². The Labute approximate surface area is 112 Å². The quantitative estimate of drug-likeness (QED) is 0.777. The van der Waals surface area contributed by atoms with Gasteiger partial charge < -0.3 is 11.1 Å². The van der Waals surface area contributed by atoms with E-state index in [0.29, 0.717) is 0 Å². The average molecular weight is 248 g/mol. The topological polar surface area (TPSA) is 38.0 Å². The molecule has 0 bridgehead atoms. The molecular weight excluding hydrogens is 220 g/mol. The van der Waals surface area contributed by atoms with Gasteiger partial charge >= 0.3 is 0 Å². The van der Waals surface area contributed by atoms with E-state index in [1.54, 1.807) is 0 Å². The second-order valence-corrected chi connectivity index (χ2v) is 6.15. The maximum atomic E-state index is 6.00. The third kappa shape index (κ3) is 4.02. The zero-order valence-electron chi connectivity index (χ0n) is 12.8. The minimum absolute atomic E-state index is 0.0612. The normalized spacial score (nSPS) is 11.7. The molecule has 0 spiro atoms. The summed E-state index contributed by atoms with van der Waals surface area (Å²) in [6.07, 6.45) is 2.15. The molecule has 2 heteroatoms. The fourth-order valence-corrected chi connectivity index (χ4v) is 2.24. The Kier molecular flexibility index (Phi) is 4.80. The van der Waals surface area contributed by atoms with Crippen molar-refractivity contribution in [2.45, 2.75) is 59.9 Å². The first-order valence-corrected chi connectivity index (χ1v) is 6.82. The van der Waals surface area contributed by atoms with Gasteiger partial charge in [-0.15, -0.1) is 0 Å². The van der Waals surface area contributed by atoms with E-state index in [-0.39, 0.29) is 5.54 Å². The van der Waals surface area contributed by atoms with Crippen LogP contribution in [0.5, 0.6) is 0 Å². The number of benzene rings is 1. The van der Waals surface area contributed by atoms with Gasteiger partial charge in [0.25, 0.3) is 0 Å². The SMILES string of the molecule is Cc1cc(C)c(C)c(NCCCC(C)(C)N)c1C. The Morgan fingerprint density at radius 2 is 1.56 bits per heavy atom. The van der Waals surface area contributed by atoms with Crippen molar-refractivity contribution in [2.24, 2.45) is 5.73 Å². The second kappa shape index (κ2) is 5.75. The average Bonchev–Trinajstić information content (AvgIpc) is 2.24. The molecule has 0 amide bonds. The first-order chi connectivity index (χ1) is 8.22. The van der Waals surface area contributed by atoms with Crippen molar-refractivity contribution in [2.75, 3.05) is 11.9 Å². The van der Waals surface area contributed by atoms with Crippen LogP contribution in [0, 0.1) is 27.7 Å². The van der Waals surface area contributed by atoms with Crippen molar-refractivity contribution in [1.29, 1.82) is 0 Å². The van der Waals surface area contributed by atoms with Crippen LogP contribution in [0.1, 0.15) is 48.9 Å². The largest absolute Gasteiger partial charge is 0.385 e. The molecule has 2 nitrogen and oxygen atoms in total. The van der Waals surface area contributed by atoms with Gasteiger partial charge in [-0.2, -0.15) is 0 Å². The van der Waals surface area contributed by atoms with Gasteiger partial charge in [0, 0.05) is 17.8 Å². The van der Waals surface area contributed by atoms with Gasteiger partial charge in [-0.05, 0) is 76.6 Å². The van der Waals surface area contributed by atoms with Gasteiger partial charge in [0.05, 0.1) is 0 Å². The van der Waals surface area contributed by atoms with Gasteiger partial charge in [0.15, 0.2) is 0 Å². The zero-order valence-corrected chi connectivity index (χ0v) is 12.8. The summed E-state index contributed by atoms with van der Waals surface area (Å²) in [4.78, 5) is 0. The van der Waals surface area contributed by atoms with Crippen molar-refractivity contribution in [3.8, 4) is 0 Å². The molecule has 102 valence electrons. The van der Waals surface area contributed by atoms with Gasteiger partial charge in [-0.1, -0.05) is 6.07 Å². The van der Waals surface area contributed by atoms with E-state index < -0.39 is 0 Å². The van der Waals surface area contributed by atoms with Crippen molar-refractivity contribution < 1.29 is 0 Å². The van der Waals surface area contributed by atoms with Gasteiger partial charge in [-0.3, -0.25) is 0 Å². The molecule has 0 saturated heterocycles. The first kappa shape index (κ1) is 15.0. The molecule has 0 fully saturated rings. The standard InChI is InChI=1S/C16H28N2/c1-11-10-12(2)14(4)15(13(11)3)18-9-7-8-16(5,6)17/h10,18H,7-9,17H2,1-6H3. The van der Waals surface area contributed by atoms with Crippen molar-refractivity contribution >= 4 is 5.69 Å². The minimum Gasteiger partial charge on any atom is -0.385 e. The van der Waals surface area contributed by atoms with E-state index in [4.69, 9.17) is 5.73 Å². The lowest BCUT2D eigenvalue weighted by Crippen LogP contribution is -2.32. The number of nitrogens with two attached hydrogens (primary N) is 1. The molecule has 0 heterocycles. The first-order valence-electron chi connectivity index (χ1n) is 6.82. The third-order valence-electron chi connectivity index (χ3n) is 3.67. The molecule has 1 aromatic carbocycles. The fraction of sp³-hybridized carbons (Fsp3) is 0.625. The van der Waals surface area contributed by atoms with E-state index in [2.05, 4.69) is 52.9 Å². The molecule has 0 aliphatic rings. The summed E-state index contributed by atoms with van der Waals surface area (Å²) in [6, 6.07) is 2.26. The van der Waals surface area contributed by atoms with Crippen molar-refractivity contribution in [3.63, 3.8) is 0 Å². The van der Waals surface area contributed by atoms with Gasteiger partial charge in [0.1, 0.15) is 0 Å². The van der Waals surface area contributed by atoms with Crippen LogP contribution in [0.2, 0.25) is 0 Å². The Morgan fingerprint density at radius 1 is 1.06 bits per heavy atom. The minimum atomic E-state index is -0.0612. The zero-order chi connectivity index (χ0) is 13.9. The van der Waals surface area contributed by atoms with Crippen molar-refractivity contribution in [3.05, 3.63) is 28.3 Å². The lowest BCUT2D eigenvalue weighted by atomic mass is 9.98. The third-order valence-corrected chi connectivity index (χ3v) is 3.67. The Morgan fingerprint density at radius 3 is 2.00 bits per heavy atom. The summed E-state index contributed by atoms with van der Waals surface area (Å²) in [6.45, 7) is 13.9. The van der Waals surface area contributed by atoms with Crippen LogP contribution >= 0.6 is 0 Å². The maximum absolute atomic E-state index is 6.00. The summed E-state index contributed by atoms with van der Waals surface area (Å²) in [5.41, 5.74) is 12.7. The molecule has 0 radical (unpaired) electrons. The van der Waals surface area contributed by atoms with Crippen LogP contribution < -0.4 is 11.1 Å². The van der Waals surface area contributed by atoms with Crippen molar-refractivity contribution in [1.82, 2.24) is 0 Å². The van der Waals surface area contributed by atoms with E-state index in [0.717, 1.165) is 19.4 Å². The highest BCUT2D eigenvalue weighted by molar-refractivity contribution is 5.62. The van der Waals surface area contributed by atoms with Crippen LogP contribution in [-0.4, -0.2) is 12.1 Å². The summed E-state index contributed by atoms with van der Waals surface area (Å²) in [5.74, 6) is 0. The van der Waals surface area contributed by atoms with Crippen LogP contribution in [0.3, 0.4) is 0 Å². The highest BCUT2D eigenvalue weighted by Crippen LogP contribution is 2.26. The number of aryl methyl sites for hydroxylation is 2. The second-order valence-electron chi connectivity index (χ2n) is 6.15. The highest BCUT2D eigenvalue weighted by atomic mass is 14.9. The van der Waals surface area contributed by atoms with Gasteiger partial charge in [0.2, 0.25) is 0 Å². The maximum Gasteiger partial charge on any atom is 0.0404 e. The molecule has 0 aliphatic heterocycles. The van der Waals surface area contributed by atoms with E-state index in [1.165, 1.54) is 27.9 Å². The van der Waals surface area contributed by atoms with Gasteiger partial charge in [-0.25, -0.2) is 0 Å².